The number of aryl methyl sites for hydroxylation is 3. The van der Waals surface area contributed by atoms with Crippen molar-refractivity contribution in [1.29, 1.82) is 0 Å². The maximum absolute atomic E-state index is 11.4. The Balaban J connectivity index is 0.000000170. The van der Waals surface area contributed by atoms with Gasteiger partial charge in [0.2, 0.25) is 0 Å². The van der Waals surface area contributed by atoms with Gasteiger partial charge in [0.1, 0.15) is 12.0 Å². The second kappa shape index (κ2) is 25.3. The number of nitro groups is 1. The topological polar surface area (TPSA) is 181 Å². The molecule has 2 aliphatic heterocycles. The second-order valence-electron chi connectivity index (χ2n) is 16.2. The minimum atomic E-state index is -0.495. The fraction of sp³-hybridized carbons (Fsp3) is 0.259. The van der Waals surface area contributed by atoms with E-state index in [4.69, 9.17) is 15.2 Å². The Labute approximate surface area is 392 Å². The van der Waals surface area contributed by atoms with Crippen LogP contribution in [0.2, 0.25) is 0 Å². The molecular formula is C54H60N6O7. The second-order valence-corrected chi connectivity index (χ2v) is 16.2. The Morgan fingerprint density at radius 1 is 0.597 bits per heavy atom. The molecule has 4 N–H and O–H groups in total. The highest BCUT2D eigenvalue weighted by Gasteiger charge is 2.16. The van der Waals surface area contributed by atoms with Crippen LogP contribution in [0.25, 0.3) is 16.7 Å². The first-order valence-corrected chi connectivity index (χ1v) is 22.3. The van der Waals surface area contributed by atoms with Crippen molar-refractivity contribution in [3.05, 3.63) is 177 Å². The van der Waals surface area contributed by atoms with Gasteiger partial charge in [0.05, 0.1) is 27.3 Å². The number of anilines is 5. The van der Waals surface area contributed by atoms with Gasteiger partial charge in [0.25, 0.3) is 5.69 Å². The monoisotopic (exact) mass is 904 g/mol. The molecular weight excluding hydrogens is 845 g/mol. The molecule has 348 valence electrons. The maximum Gasteiger partial charge on any atom is 0.293 e. The van der Waals surface area contributed by atoms with E-state index in [1.54, 1.807) is 37.5 Å². The van der Waals surface area contributed by atoms with Gasteiger partial charge in [-0.25, -0.2) is 4.98 Å². The number of benzene rings is 6. The number of nitro benzene ring substituents is 1. The summed E-state index contributed by atoms with van der Waals surface area (Å²) in [5.41, 5.74) is 17.3. The highest BCUT2D eigenvalue weighted by atomic mass is 16.6. The van der Waals surface area contributed by atoms with E-state index in [0.717, 1.165) is 65.8 Å². The summed E-state index contributed by atoms with van der Waals surface area (Å²) in [6, 6.07) is 39.2. The average molecular weight is 905 g/mol. The number of rotatable bonds is 9. The lowest BCUT2D eigenvalue weighted by Gasteiger charge is -2.10. The Morgan fingerprint density at radius 3 is 1.52 bits per heavy atom. The SMILES string of the molecule is C1CCOC1.C1CCOC1.CC(=O)c1ccc(Nc2cccc(C)c2)c(N)c1.CC(=O)c1ccc(Nc2cccc(C)c2)c([N+](=O)[O-])c1.CC(=O)c1ccc2c(c1)ncn2-c1cccc(C)c1. The van der Waals surface area contributed by atoms with Crippen LogP contribution in [0.5, 0.6) is 0 Å². The molecule has 2 fully saturated rings. The smallest absolute Gasteiger partial charge is 0.293 e. The zero-order chi connectivity index (χ0) is 48.3. The Bertz CT molecular complexity index is 2770. The number of fused-ring (bicyclic) bond motifs is 1. The van der Waals surface area contributed by atoms with Gasteiger partial charge in [0.15, 0.2) is 17.3 Å². The van der Waals surface area contributed by atoms with Crippen molar-refractivity contribution in [3.8, 4) is 5.69 Å². The molecule has 0 atom stereocenters. The molecule has 9 rings (SSSR count). The van der Waals surface area contributed by atoms with Gasteiger partial charge >= 0.3 is 0 Å². The first kappa shape index (κ1) is 50.5. The summed E-state index contributed by atoms with van der Waals surface area (Å²) in [5.74, 6) is -0.119. The van der Waals surface area contributed by atoms with E-state index in [9.17, 15) is 24.5 Å². The zero-order valence-electron chi connectivity index (χ0n) is 39.1. The highest BCUT2D eigenvalue weighted by molar-refractivity contribution is 5.98. The summed E-state index contributed by atoms with van der Waals surface area (Å²) in [5, 5.41) is 17.4. The van der Waals surface area contributed by atoms with E-state index in [-0.39, 0.29) is 23.0 Å². The molecule has 7 aromatic rings. The molecule has 0 amide bonds. The first-order valence-electron chi connectivity index (χ1n) is 22.3. The zero-order valence-corrected chi connectivity index (χ0v) is 39.1. The van der Waals surface area contributed by atoms with Crippen molar-refractivity contribution >= 4 is 62.5 Å². The van der Waals surface area contributed by atoms with Crippen LogP contribution in [0, 0.1) is 30.9 Å². The van der Waals surface area contributed by atoms with Crippen molar-refractivity contribution in [2.75, 3.05) is 42.8 Å². The van der Waals surface area contributed by atoms with E-state index in [1.807, 2.05) is 103 Å². The third-order valence-electron chi connectivity index (χ3n) is 10.5. The number of carbonyl (C=O) groups is 3. The van der Waals surface area contributed by atoms with Gasteiger partial charge in [-0.2, -0.15) is 0 Å². The number of hydrogen-bond donors (Lipinski definition) is 3. The number of carbonyl (C=O) groups excluding carboxylic acids is 3. The molecule has 0 aliphatic carbocycles. The summed E-state index contributed by atoms with van der Waals surface area (Å²) < 4.78 is 11.9. The van der Waals surface area contributed by atoms with E-state index in [0.29, 0.717) is 28.1 Å². The molecule has 67 heavy (non-hydrogen) atoms. The van der Waals surface area contributed by atoms with Crippen LogP contribution in [-0.4, -0.2) is 58.3 Å². The Hall–Kier alpha value is -7.48. The summed E-state index contributed by atoms with van der Waals surface area (Å²) in [6.07, 6.45) is 6.91. The molecule has 6 aromatic carbocycles. The molecule has 13 nitrogen and oxygen atoms in total. The number of ether oxygens (including phenoxy) is 2. The molecule has 0 spiro atoms. The maximum atomic E-state index is 11.4. The van der Waals surface area contributed by atoms with Crippen LogP contribution in [0.1, 0.15) is 94.2 Å². The number of nitrogens with zero attached hydrogens (tertiary/aromatic N) is 3. The van der Waals surface area contributed by atoms with Crippen molar-refractivity contribution in [3.63, 3.8) is 0 Å². The molecule has 0 bridgehead atoms. The largest absolute Gasteiger partial charge is 0.397 e. The van der Waals surface area contributed by atoms with Gasteiger partial charge in [-0.15, -0.1) is 0 Å². The van der Waals surface area contributed by atoms with Gasteiger partial charge in [-0.3, -0.25) is 29.1 Å². The normalized spacial score (nSPS) is 12.4. The van der Waals surface area contributed by atoms with Crippen LogP contribution >= 0.6 is 0 Å². The van der Waals surface area contributed by atoms with Crippen LogP contribution in [0.3, 0.4) is 0 Å². The summed E-state index contributed by atoms with van der Waals surface area (Å²) in [7, 11) is 0. The lowest BCUT2D eigenvalue weighted by Crippen LogP contribution is -2.00. The number of nitrogens with two attached hydrogens (primary N) is 1. The average Bonchev–Trinajstić information content (AvgIpc) is 4.14. The molecule has 1 aromatic heterocycles. The van der Waals surface area contributed by atoms with E-state index in [1.165, 1.54) is 56.7 Å². The van der Waals surface area contributed by atoms with Crippen molar-refractivity contribution in [1.82, 2.24) is 9.55 Å². The number of ketones is 3. The number of aromatic nitrogens is 2. The molecule has 2 saturated heterocycles. The fourth-order valence-corrected chi connectivity index (χ4v) is 6.90. The van der Waals surface area contributed by atoms with Crippen LogP contribution in [0.15, 0.2) is 134 Å². The van der Waals surface area contributed by atoms with Crippen molar-refractivity contribution in [2.45, 2.75) is 67.2 Å². The van der Waals surface area contributed by atoms with Crippen molar-refractivity contribution in [2.24, 2.45) is 0 Å². The lowest BCUT2D eigenvalue weighted by molar-refractivity contribution is -0.383. The van der Waals surface area contributed by atoms with Gasteiger partial charge < -0.3 is 25.8 Å². The quantitative estimate of drug-likeness (QED) is 0.0543. The predicted molar refractivity (Wildman–Crippen MR) is 269 cm³/mol. The number of imidazole rings is 1. The van der Waals surface area contributed by atoms with Crippen LogP contribution < -0.4 is 16.4 Å². The molecule has 3 heterocycles. The minimum absolute atomic E-state index is 0.0174. The third-order valence-corrected chi connectivity index (χ3v) is 10.5. The minimum Gasteiger partial charge on any atom is -0.397 e. The molecule has 0 saturated carbocycles. The molecule has 13 heteroatoms. The van der Waals surface area contributed by atoms with E-state index >= 15 is 0 Å². The summed E-state index contributed by atoms with van der Waals surface area (Å²) >= 11 is 0. The van der Waals surface area contributed by atoms with E-state index in [2.05, 4.69) is 34.7 Å². The number of nitrogens with one attached hydrogen (secondary N) is 2. The Kier molecular flexibility index (Phi) is 19.1. The van der Waals surface area contributed by atoms with E-state index < -0.39 is 4.92 Å². The highest BCUT2D eigenvalue weighted by Crippen LogP contribution is 2.29. The summed E-state index contributed by atoms with van der Waals surface area (Å²) in [4.78, 5) is 48.9. The molecule has 2 aliphatic rings. The number of hydrogen-bond acceptors (Lipinski definition) is 11. The lowest BCUT2D eigenvalue weighted by atomic mass is 10.1. The number of nitrogen functional groups attached to an aromatic ring is 1. The molecule has 0 unspecified atom stereocenters. The fourth-order valence-electron chi connectivity index (χ4n) is 6.90. The van der Waals surface area contributed by atoms with Gasteiger partial charge in [-0.1, -0.05) is 36.4 Å². The first-order chi connectivity index (χ1) is 32.2. The van der Waals surface area contributed by atoms with Gasteiger partial charge in [0, 0.05) is 66.2 Å². The van der Waals surface area contributed by atoms with Crippen molar-refractivity contribution < 1.29 is 28.8 Å². The molecule has 0 radical (unpaired) electrons. The standard InChI is InChI=1S/C16H14N2O.C15H14N2O3.C15H16N2O.2C4H8O/c1-11-4-3-5-14(8-11)18-10-17-15-9-13(12(2)19)6-7-16(15)18;1-10-4-3-5-13(8-10)16-14-7-6-12(11(2)18)9-15(14)17(19)20;1-10-4-3-5-13(8-10)17-15-7-6-12(11(2)18)9-14(15)16;2*1-2-4-5-3-1/h3-10H,1-2H3;3-9,16H,1-2H3;3-9,17H,16H2,1-2H3;2*1-4H2. The van der Waals surface area contributed by atoms with Crippen LogP contribution in [0.4, 0.5) is 34.1 Å². The predicted octanol–water partition coefficient (Wildman–Crippen LogP) is 12.5. The van der Waals surface area contributed by atoms with Gasteiger partial charge in [-0.05, 0) is 169 Å². The number of Topliss-reactive ketones (excluding diaryl/α,β-unsaturated/α-hetero) is 3. The third kappa shape index (κ3) is 15.9. The van der Waals surface area contributed by atoms with Crippen LogP contribution in [-0.2, 0) is 9.47 Å². The Morgan fingerprint density at radius 2 is 1.06 bits per heavy atom. The summed E-state index contributed by atoms with van der Waals surface area (Å²) in [6.45, 7) is 14.5.